The molecule has 0 aromatic heterocycles. The van der Waals surface area contributed by atoms with Gasteiger partial charge in [0.05, 0.1) is 12.6 Å². The lowest BCUT2D eigenvalue weighted by atomic mass is 10.2. The molecule has 24 heavy (non-hydrogen) atoms. The topological polar surface area (TPSA) is 47.0 Å². The minimum atomic E-state index is -0.319. The molecule has 0 spiro atoms. The number of likely N-dealkylation sites (N-methyl/N-ethyl adjacent to an activating group) is 1. The molecule has 1 atom stereocenters. The Hall–Kier alpha value is -1.50. The van der Waals surface area contributed by atoms with E-state index in [4.69, 9.17) is 0 Å². The van der Waals surface area contributed by atoms with Gasteiger partial charge in [-0.25, -0.2) is 4.39 Å². The third kappa shape index (κ3) is 5.85. The van der Waals surface area contributed by atoms with Crippen molar-refractivity contribution in [1.29, 1.82) is 0 Å². The number of amides is 1. The maximum atomic E-state index is 13.3. The van der Waals surface area contributed by atoms with Crippen molar-refractivity contribution >= 4 is 5.91 Å². The molecular weight excluding hydrogens is 309 g/mol. The van der Waals surface area contributed by atoms with Gasteiger partial charge in [0.2, 0.25) is 5.91 Å². The summed E-state index contributed by atoms with van der Waals surface area (Å²) in [5, 5.41) is 9.44. The van der Waals surface area contributed by atoms with Crippen molar-refractivity contribution in [3.8, 4) is 0 Å². The normalized spacial score (nSPS) is 17.7. The Labute approximate surface area is 143 Å². The molecule has 1 fully saturated rings. The number of rotatable bonds is 7. The fourth-order valence-electron chi connectivity index (χ4n) is 3.03. The first-order valence-electron chi connectivity index (χ1n) is 8.63. The molecule has 1 saturated heterocycles. The molecule has 0 aliphatic carbocycles. The second-order valence-corrected chi connectivity index (χ2v) is 6.46. The SMILES string of the molecule is CCN(Cc1cccc(F)c1)C(=O)CN1CCN(CC(C)O)CC1. The van der Waals surface area contributed by atoms with E-state index in [2.05, 4.69) is 9.80 Å². The zero-order chi connectivity index (χ0) is 17.5. The highest BCUT2D eigenvalue weighted by atomic mass is 19.1. The van der Waals surface area contributed by atoms with Gasteiger partial charge in [-0.1, -0.05) is 12.1 Å². The minimum Gasteiger partial charge on any atom is -0.392 e. The zero-order valence-electron chi connectivity index (χ0n) is 14.6. The predicted octanol–water partition coefficient (Wildman–Crippen LogP) is 1.17. The second-order valence-electron chi connectivity index (χ2n) is 6.46. The second kappa shape index (κ2) is 9.11. The monoisotopic (exact) mass is 337 g/mol. The first-order chi connectivity index (χ1) is 11.5. The lowest BCUT2D eigenvalue weighted by Crippen LogP contribution is -2.51. The number of aliphatic hydroxyl groups is 1. The van der Waals surface area contributed by atoms with E-state index in [1.54, 1.807) is 17.9 Å². The Bertz CT molecular complexity index is 531. The number of nitrogens with zero attached hydrogens (tertiary/aromatic N) is 3. The number of carbonyl (C=O) groups excluding carboxylic acids is 1. The van der Waals surface area contributed by atoms with Gasteiger partial charge in [0.1, 0.15) is 5.82 Å². The Morgan fingerprint density at radius 3 is 2.54 bits per heavy atom. The van der Waals surface area contributed by atoms with Crippen LogP contribution >= 0.6 is 0 Å². The van der Waals surface area contributed by atoms with Gasteiger partial charge in [0.15, 0.2) is 0 Å². The van der Waals surface area contributed by atoms with Crippen molar-refractivity contribution in [3.63, 3.8) is 0 Å². The highest BCUT2D eigenvalue weighted by Crippen LogP contribution is 2.09. The summed E-state index contributed by atoms with van der Waals surface area (Å²) in [6.07, 6.45) is -0.319. The molecule has 1 aromatic rings. The van der Waals surface area contributed by atoms with Gasteiger partial charge < -0.3 is 10.0 Å². The molecule has 1 unspecified atom stereocenters. The number of carbonyl (C=O) groups is 1. The van der Waals surface area contributed by atoms with Crippen LogP contribution in [0, 0.1) is 5.82 Å². The Morgan fingerprint density at radius 2 is 1.96 bits per heavy atom. The van der Waals surface area contributed by atoms with Crippen LogP contribution in [0.25, 0.3) is 0 Å². The van der Waals surface area contributed by atoms with Gasteiger partial charge in [0, 0.05) is 45.8 Å². The van der Waals surface area contributed by atoms with Crippen molar-refractivity contribution in [2.45, 2.75) is 26.5 Å². The predicted molar refractivity (Wildman–Crippen MR) is 92.1 cm³/mol. The quantitative estimate of drug-likeness (QED) is 0.811. The number of β-amino-alcohol motifs (C(OH)–C–C–N with tert-alkyl or cyclic N) is 1. The van der Waals surface area contributed by atoms with Crippen molar-refractivity contribution < 1.29 is 14.3 Å². The van der Waals surface area contributed by atoms with Crippen LogP contribution in [0.15, 0.2) is 24.3 Å². The van der Waals surface area contributed by atoms with Crippen LogP contribution in [0.4, 0.5) is 4.39 Å². The minimum absolute atomic E-state index is 0.0748. The maximum absolute atomic E-state index is 13.3. The van der Waals surface area contributed by atoms with Gasteiger partial charge in [-0.15, -0.1) is 0 Å². The summed E-state index contributed by atoms with van der Waals surface area (Å²) in [7, 11) is 0. The molecule has 0 radical (unpaired) electrons. The largest absolute Gasteiger partial charge is 0.392 e. The number of piperazine rings is 1. The van der Waals surface area contributed by atoms with Crippen LogP contribution in [-0.4, -0.2) is 77.6 Å². The Morgan fingerprint density at radius 1 is 1.29 bits per heavy atom. The number of hydrogen-bond acceptors (Lipinski definition) is 4. The van der Waals surface area contributed by atoms with Gasteiger partial charge in [0.25, 0.3) is 0 Å². The van der Waals surface area contributed by atoms with E-state index in [1.165, 1.54) is 12.1 Å². The van der Waals surface area contributed by atoms with Crippen molar-refractivity contribution in [1.82, 2.24) is 14.7 Å². The molecule has 6 heteroatoms. The molecule has 0 bridgehead atoms. The molecule has 2 rings (SSSR count). The van der Waals surface area contributed by atoms with Crippen LogP contribution in [0.5, 0.6) is 0 Å². The fraction of sp³-hybridized carbons (Fsp3) is 0.611. The van der Waals surface area contributed by atoms with E-state index < -0.39 is 0 Å². The van der Waals surface area contributed by atoms with E-state index >= 15 is 0 Å². The summed E-state index contributed by atoms with van der Waals surface area (Å²) in [6, 6.07) is 6.40. The van der Waals surface area contributed by atoms with E-state index in [0.717, 1.165) is 31.7 Å². The van der Waals surface area contributed by atoms with Gasteiger partial charge in [-0.2, -0.15) is 0 Å². The van der Waals surface area contributed by atoms with Crippen molar-refractivity contribution in [3.05, 3.63) is 35.6 Å². The number of benzene rings is 1. The third-order valence-electron chi connectivity index (χ3n) is 4.34. The van der Waals surface area contributed by atoms with Crippen LogP contribution in [-0.2, 0) is 11.3 Å². The highest BCUT2D eigenvalue weighted by Gasteiger charge is 2.21. The molecule has 5 nitrogen and oxygen atoms in total. The summed E-state index contributed by atoms with van der Waals surface area (Å²) < 4.78 is 13.3. The zero-order valence-corrected chi connectivity index (χ0v) is 14.6. The molecule has 1 aliphatic rings. The molecule has 134 valence electrons. The van der Waals surface area contributed by atoms with Crippen LogP contribution in [0.3, 0.4) is 0 Å². The number of aliphatic hydroxyl groups excluding tert-OH is 1. The Balaban J connectivity index is 1.82. The van der Waals surface area contributed by atoms with Gasteiger partial charge >= 0.3 is 0 Å². The highest BCUT2D eigenvalue weighted by molar-refractivity contribution is 5.78. The first kappa shape index (κ1) is 18.8. The summed E-state index contributed by atoms with van der Waals surface area (Å²) >= 11 is 0. The Kier molecular flexibility index (Phi) is 7.15. The molecule has 1 aromatic carbocycles. The molecule has 1 amide bonds. The average Bonchev–Trinajstić information content (AvgIpc) is 2.54. The van der Waals surface area contributed by atoms with E-state index in [0.29, 0.717) is 26.2 Å². The standard InChI is InChI=1S/C18H28FN3O2/c1-3-22(13-16-5-4-6-17(19)11-16)18(24)14-21-9-7-20(8-10-21)12-15(2)23/h4-6,11,15,23H,3,7-10,12-14H2,1-2H3. The summed E-state index contributed by atoms with van der Waals surface area (Å²) in [4.78, 5) is 18.7. The summed E-state index contributed by atoms with van der Waals surface area (Å²) in [6.45, 7) is 9.26. The summed E-state index contributed by atoms with van der Waals surface area (Å²) in [5.41, 5.74) is 0.812. The molecule has 1 N–H and O–H groups in total. The third-order valence-corrected chi connectivity index (χ3v) is 4.34. The van der Waals surface area contributed by atoms with E-state index in [9.17, 15) is 14.3 Å². The maximum Gasteiger partial charge on any atom is 0.237 e. The fourth-order valence-corrected chi connectivity index (χ4v) is 3.03. The molecular formula is C18H28FN3O2. The van der Waals surface area contributed by atoms with Crippen LogP contribution < -0.4 is 0 Å². The van der Waals surface area contributed by atoms with E-state index in [-0.39, 0.29) is 17.8 Å². The first-order valence-corrected chi connectivity index (χ1v) is 8.63. The summed E-state index contributed by atoms with van der Waals surface area (Å²) in [5.74, 6) is -0.198. The smallest absolute Gasteiger partial charge is 0.237 e. The van der Waals surface area contributed by atoms with Crippen LogP contribution in [0.2, 0.25) is 0 Å². The molecule has 1 aliphatic heterocycles. The van der Waals surface area contributed by atoms with E-state index in [1.807, 2.05) is 13.0 Å². The lowest BCUT2D eigenvalue weighted by molar-refractivity contribution is -0.133. The van der Waals surface area contributed by atoms with Crippen molar-refractivity contribution in [2.24, 2.45) is 0 Å². The average molecular weight is 337 g/mol. The molecule has 1 heterocycles. The lowest BCUT2D eigenvalue weighted by Gasteiger charge is -2.35. The number of hydrogen-bond donors (Lipinski definition) is 1. The van der Waals surface area contributed by atoms with Crippen molar-refractivity contribution in [2.75, 3.05) is 45.8 Å². The van der Waals surface area contributed by atoms with Gasteiger partial charge in [-0.05, 0) is 31.5 Å². The van der Waals surface area contributed by atoms with Gasteiger partial charge in [-0.3, -0.25) is 14.6 Å². The van der Waals surface area contributed by atoms with Crippen LogP contribution in [0.1, 0.15) is 19.4 Å². The molecule has 0 saturated carbocycles. The number of halogens is 1.